The van der Waals surface area contributed by atoms with Crippen LogP contribution in [0.15, 0.2) is 30.3 Å². The Morgan fingerprint density at radius 2 is 1.94 bits per heavy atom. The van der Waals surface area contributed by atoms with Crippen LogP contribution in [0.5, 0.6) is 5.75 Å². The lowest BCUT2D eigenvalue weighted by molar-refractivity contribution is 0.139. The Hall–Kier alpha value is -0.500. The molecule has 88 valence electrons. The first-order valence-corrected chi connectivity index (χ1v) is 7.21. The summed E-state index contributed by atoms with van der Waals surface area (Å²) in [6, 6.07) is 10.1. The van der Waals surface area contributed by atoms with Gasteiger partial charge < -0.3 is 4.74 Å². The van der Waals surface area contributed by atoms with Crippen molar-refractivity contribution in [1.82, 2.24) is 0 Å². The largest absolute Gasteiger partial charge is 0.494 e. The number of benzene rings is 1. The van der Waals surface area contributed by atoms with E-state index in [0.29, 0.717) is 5.41 Å². The monoisotopic (exact) mass is 282 g/mol. The van der Waals surface area contributed by atoms with E-state index in [2.05, 4.69) is 15.9 Å². The minimum atomic E-state index is 0.597. The molecule has 1 saturated carbocycles. The van der Waals surface area contributed by atoms with Crippen molar-refractivity contribution >= 4 is 15.9 Å². The van der Waals surface area contributed by atoms with Crippen molar-refractivity contribution in [3.63, 3.8) is 0 Å². The second-order valence-electron chi connectivity index (χ2n) is 4.75. The number of hydrogen-bond acceptors (Lipinski definition) is 1. The zero-order chi connectivity index (χ0) is 11.3. The van der Waals surface area contributed by atoms with Crippen LogP contribution in [-0.2, 0) is 0 Å². The van der Waals surface area contributed by atoms with E-state index in [1.165, 1.54) is 32.1 Å². The van der Waals surface area contributed by atoms with Crippen LogP contribution < -0.4 is 4.74 Å². The van der Waals surface area contributed by atoms with Crippen LogP contribution in [0.3, 0.4) is 0 Å². The molecule has 2 heteroatoms. The van der Waals surface area contributed by atoms with Crippen LogP contribution in [0.2, 0.25) is 0 Å². The van der Waals surface area contributed by atoms with E-state index in [9.17, 15) is 0 Å². The number of alkyl halides is 1. The molecule has 0 spiro atoms. The molecule has 1 aliphatic carbocycles. The van der Waals surface area contributed by atoms with Gasteiger partial charge in [-0.3, -0.25) is 0 Å². The molecule has 0 unspecified atom stereocenters. The number of ether oxygens (including phenoxy) is 1. The second-order valence-corrected chi connectivity index (χ2v) is 5.31. The molecule has 0 aliphatic heterocycles. The molecule has 0 heterocycles. The summed E-state index contributed by atoms with van der Waals surface area (Å²) in [5, 5.41) is 1.16. The highest BCUT2D eigenvalue weighted by Gasteiger charge is 2.34. The second kappa shape index (κ2) is 5.72. The third kappa shape index (κ3) is 3.00. The fourth-order valence-electron chi connectivity index (χ4n) is 2.28. The third-order valence-corrected chi connectivity index (χ3v) is 4.75. The van der Waals surface area contributed by atoms with Gasteiger partial charge in [0.1, 0.15) is 5.75 Å². The summed E-state index contributed by atoms with van der Waals surface area (Å²) in [5.74, 6) is 0.990. The van der Waals surface area contributed by atoms with Gasteiger partial charge in [0.05, 0.1) is 6.61 Å². The standard InChI is InChI=1S/C14H19BrO/c15-12-14(8-4-9-14)10-5-11-16-13-6-2-1-3-7-13/h1-3,6-7H,4-5,8-12H2. The van der Waals surface area contributed by atoms with Crippen LogP contribution in [-0.4, -0.2) is 11.9 Å². The molecule has 16 heavy (non-hydrogen) atoms. The molecule has 1 nitrogen and oxygen atoms in total. The first-order chi connectivity index (χ1) is 7.85. The summed E-state index contributed by atoms with van der Waals surface area (Å²) in [7, 11) is 0. The first-order valence-electron chi connectivity index (χ1n) is 6.08. The summed E-state index contributed by atoms with van der Waals surface area (Å²) in [4.78, 5) is 0. The van der Waals surface area contributed by atoms with Crippen molar-refractivity contribution in [3.8, 4) is 5.75 Å². The Balaban J connectivity index is 1.65. The average molecular weight is 283 g/mol. The Bertz CT molecular complexity index is 300. The fraction of sp³-hybridized carbons (Fsp3) is 0.571. The van der Waals surface area contributed by atoms with E-state index < -0.39 is 0 Å². The van der Waals surface area contributed by atoms with Crippen molar-refractivity contribution in [2.75, 3.05) is 11.9 Å². The van der Waals surface area contributed by atoms with Crippen molar-refractivity contribution in [3.05, 3.63) is 30.3 Å². The summed E-state index contributed by atoms with van der Waals surface area (Å²) in [5.41, 5.74) is 0.597. The van der Waals surface area contributed by atoms with E-state index in [4.69, 9.17) is 4.74 Å². The van der Waals surface area contributed by atoms with E-state index in [1.54, 1.807) is 0 Å². The predicted molar refractivity (Wildman–Crippen MR) is 71.2 cm³/mol. The first kappa shape index (κ1) is 12.0. The zero-order valence-corrected chi connectivity index (χ0v) is 11.2. The smallest absolute Gasteiger partial charge is 0.119 e. The topological polar surface area (TPSA) is 9.23 Å². The van der Waals surface area contributed by atoms with Crippen LogP contribution in [0.25, 0.3) is 0 Å². The normalized spacial score (nSPS) is 17.8. The zero-order valence-electron chi connectivity index (χ0n) is 9.62. The van der Waals surface area contributed by atoms with Gasteiger partial charge in [-0.2, -0.15) is 0 Å². The van der Waals surface area contributed by atoms with E-state index >= 15 is 0 Å². The molecule has 0 N–H and O–H groups in total. The lowest BCUT2D eigenvalue weighted by Crippen LogP contribution is -2.31. The van der Waals surface area contributed by atoms with Gasteiger partial charge in [0.2, 0.25) is 0 Å². The van der Waals surface area contributed by atoms with Crippen LogP contribution in [0, 0.1) is 5.41 Å². The lowest BCUT2D eigenvalue weighted by Gasteiger charge is -2.40. The molecule has 1 fully saturated rings. The maximum Gasteiger partial charge on any atom is 0.119 e. The van der Waals surface area contributed by atoms with Crippen LogP contribution >= 0.6 is 15.9 Å². The van der Waals surface area contributed by atoms with Gasteiger partial charge >= 0.3 is 0 Å². The molecule has 0 amide bonds. The highest BCUT2D eigenvalue weighted by Crippen LogP contribution is 2.45. The SMILES string of the molecule is BrCC1(CCCOc2ccccc2)CCC1. The van der Waals surface area contributed by atoms with Gasteiger partial charge in [-0.1, -0.05) is 40.5 Å². The van der Waals surface area contributed by atoms with E-state index in [1.807, 2.05) is 30.3 Å². The highest BCUT2D eigenvalue weighted by molar-refractivity contribution is 9.09. The molecule has 0 atom stereocenters. The molecule has 2 rings (SSSR count). The molecule has 0 bridgehead atoms. The minimum absolute atomic E-state index is 0.597. The average Bonchev–Trinajstić information content (AvgIpc) is 2.29. The predicted octanol–water partition coefficient (Wildman–Crippen LogP) is 4.41. The summed E-state index contributed by atoms with van der Waals surface area (Å²) in [6.07, 6.45) is 6.66. The van der Waals surface area contributed by atoms with Crippen LogP contribution in [0.4, 0.5) is 0 Å². The van der Waals surface area contributed by atoms with Gasteiger partial charge in [0.15, 0.2) is 0 Å². The number of para-hydroxylation sites is 1. The maximum atomic E-state index is 5.70. The number of rotatable bonds is 6. The van der Waals surface area contributed by atoms with Gasteiger partial charge in [0.25, 0.3) is 0 Å². The molecule has 1 aromatic rings. The van der Waals surface area contributed by atoms with Gasteiger partial charge in [0, 0.05) is 5.33 Å². The Morgan fingerprint density at radius 3 is 2.50 bits per heavy atom. The quantitative estimate of drug-likeness (QED) is 0.555. The number of halogens is 1. The Kier molecular flexibility index (Phi) is 4.28. The lowest BCUT2D eigenvalue weighted by atomic mass is 9.68. The summed E-state index contributed by atoms with van der Waals surface area (Å²) < 4.78 is 5.70. The third-order valence-electron chi connectivity index (χ3n) is 3.56. The minimum Gasteiger partial charge on any atom is -0.494 e. The molecule has 1 aliphatic rings. The molecule has 0 radical (unpaired) electrons. The highest BCUT2D eigenvalue weighted by atomic mass is 79.9. The van der Waals surface area contributed by atoms with Crippen molar-refractivity contribution in [1.29, 1.82) is 0 Å². The van der Waals surface area contributed by atoms with Crippen molar-refractivity contribution in [2.24, 2.45) is 5.41 Å². The maximum absolute atomic E-state index is 5.70. The van der Waals surface area contributed by atoms with Gasteiger partial charge in [-0.25, -0.2) is 0 Å². The van der Waals surface area contributed by atoms with Gasteiger partial charge in [-0.05, 0) is 43.2 Å². The molecule has 1 aromatic carbocycles. The van der Waals surface area contributed by atoms with Crippen LogP contribution in [0.1, 0.15) is 32.1 Å². The molecule has 0 saturated heterocycles. The van der Waals surface area contributed by atoms with E-state index in [0.717, 1.165) is 17.7 Å². The van der Waals surface area contributed by atoms with Crippen molar-refractivity contribution < 1.29 is 4.74 Å². The van der Waals surface area contributed by atoms with Gasteiger partial charge in [-0.15, -0.1) is 0 Å². The summed E-state index contributed by atoms with van der Waals surface area (Å²) in [6.45, 7) is 0.846. The Labute approximate surface area is 106 Å². The summed E-state index contributed by atoms with van der Waals surface area (Å²) >= 11 is 3.64. The molecule has 0 aromatic heterocycles. The fourth-order valence-corrected chi connectivity index (χ4v) is 3.12. The molecular formula is C14H19BrO. The van der Waals surface area contributed by atoms with Crippen molar-refractivity contribution in [2.45, 2.75) is 32.1 Å². The van der Waals surface area contributed by atoms with E-state index in [-0.39, 0.29) is 0 Å². The molecular weight excluding hydrogens is 264 g/mol. The number of hydrogen-bond donors (Lipinski definition) is 0. The Morgan fingerprint density at radius 1 is 1.19 bits per heavy atom.